The van der Waals surface area contributed by atoms with Crippen LogP contribution in [0.2, 0.25) is 0 Å². The number of unbranched alkanes of at least 4 members (excludes halogenated alkanes) is 7. The van der Waals surface area contributed by atoms with Gasteiger partial charge in [-0.1, -0.05) is 101 Å². The van der Waals surface area contributed by atoms with Gasteiger partial charge in [-0.05, 0) is 62.1 Å². The molecule has 0 bridgehead atoms. The van der Waals surface area contributed by atoms with Crippen LogP contribution in [0.25, 0.3) is 6.08 Å². The summed E-state index contributed by atoms with van der Waals surface area (Å²) in [5.74, 6) is -0.327. The Bertz CT molecular complexity index is 827. The molecule has 0 amide bonds. The van der Waals surface area contributed by atoms with Gasteiger partial charge in [-0.25, -0.2) is 9.78 Å². The van der Waals surface area contributed by atoms with E-state index >= 15 is 0 Å². The topological polar surface area (TPSA) is 39.2 Å². The second kappa shape index (κ2) is 14.2. The van der Waals surface area contributed by atoms with Crippen molar-refractivity contribution in [1.29, 1.82) is 0 Å². The summed E-state index contributed by atoms with van der Waals surface area (Å²) < 4.78 is 5.40. The van der Waals surface area contributed by atoms with Gasteiger partial charge in [0.1, 0.15) is 5.69 Å². The van der Waals surface area contributed by atoms with Crippen LogP contribution in [0.4, 0.5) is 0 Å². The fraction of sp³-hybridized carbons (Fsp3) is 0.600. The third-order valence-corrected chi connectivity index (χ3v) is 6.68. The van der Waals surface area contributed by atoms with Crippen molar-refractivity contribution in [2.24, 2.45) is 5.41 Å². The molecule has 0 aromatic carbocycles. The van der Waals surface area contributed by atoms with E-state index in [-0.39, 0.29) is 11.4 Å². The number of rotatable bonds is 13. The van der Waals surface area contributed by atoms with Crippen LogP contribution < -0.4 is 0 Å². The molecule has 0 fully saturated rings. The summed E-state index contributed by atoms with van der Waals surface area (Å²) >= 11 is 0. The molecular weight excluding hydrogens is 406 g/mol. The van der Waals surface area contributed by atoms with Crippen molar-refractivity contribution in [3.05, 3.63) is 58.5 Å². The van der Waals surface area contributed by atoms with Crippen LogP contribution in [-0.4, -0.2) is 17.6 Å². The zero-order valence-electron chi connectivity index (χ0n) is 21.7. The molecule has 182 valence electrons. The molecule has 3 nitrogen and oxygen atoms in total. The van der Waals surface area contributed by atoms with Crippen LogP contribution in [0.1, 0.15) is 121 Å². The first-order valence-electron chi connectivity index (χ1n) is 13.0. The second-order valence-electron chi connectivity index (χ2n) is 10.2. The van der Waals surface area contributed by atoms with Crippen molar-refractivity contribution in [2.45, 2.75) is 105 Å². The quantitative estimate of drug-likeness (QED) is 0.171. The van der Waals surface area contributed by atoms with Gasteiger partial charge < -0.3 is 4.74 Å². The van der Waals surface area contributed by atoms with E-state index in [0.717, 1.165) is 18.4 Å². The molecule has 0 saturated carbocycles. The Labute approximate surface area is 202 Å². The van der Waals surface area contributed by atoms with E-state index in [9.17, 15) is 4.79 Å². The zero-order chi connectivity index (χ0) is 24.1. The summed E-state index contributed by atoms with van der Waals surface area (Å²) in [4.78, 5) is 16.6. The van der Waals surface area contributed by atoms with Gasteiger partial charge in [0.15, 0.2) is 0 Å². The minimum atomic E-state index is -0.327. The van der Waals surface area contributed by atoms with Gasteiger partial charge in [0, 0.05) is 6.20 Å². The van der Waals surface area contributed by atoms with E-state index < -0.39 is 0 Å². The van der Waals surface area contributed by atoms with Crippen LogP contribution in [0.5, 0.6) is 0 Å². The van der Waals surface area contributed by atoms with E-state index in [1.807, 2.05) is 6.07 Å². The molecule has 1 aliphatic carbocycles. The number of ether oxygens (including phenoxy) is 1. The van der Waals surface area contributed by atoms with Crippen molar-refractivity contribution in [3.63, 3.8) is 0 Å². The Kier molecular flexibility index (Phi) is 11.6. The maximum atomic E-state index is 12.2. The highest BCUT2D eigenvalue weighted by Crippen LogP contribution is 2.40. The normalized spacial score (nSPS) is 16.5. The lowest BCUT2D eigenvalue weighted by Gasteiger charge is -2.32. The molecule has 0 radical (unpaired) electrons. The SMILES string of the molecule is CCCCCCCCCCOC(=O)c1ccc(/C=C(\C)C=CC2=C(C)CCCC2(C)C)cn1. The lowest BCUT2D eigenvalue weighted by atomic mass is 9.72. The first kappa shape index (κ1) is 27.1. The third-order valence-electron chi connectivity index (χ3n) is 6.68. The Morgan fingerprint density at radius 3 is 2.42 bits per heavy atom. The van der Waals surface area contributed by atoms with E-state index in [4.69, 9.17) is 4.74 Å². The summed E-state index contributed by atoms with van der Waals surface area (Å²) in [6, 6.07) is 3.70. The first-order chi connectivity index (χ1) is 15.8. The van der Waals surface area contributed by atoms with Crippen LogP contribution in [0, 0.1) is 5.41 Å². The lowest BCUT2D eigenvalue weighted by molar-refractivity contribution is 0.0490. The summed E-state index contributed by atoms with van der Waals surface area (Å²) in [5, 5.41) is 0. The van der Waals surface area contributed by atoms with Crippen molar-refractivity contribution < 1.29 is 9.53 Å². The highest BCUT2D eigenvalue weighted by atomic mass is 16.5. The molecule has 0 saturated heterocycles. The van der Waals surface area contributed by atoms with Gasteiger partial charge in [-0.2, -0.15) is 0 Å². The molecule has 0 spiro atoms. The second-order valence-corrected chi connectivity index (χ2v) is 10.2. The summed E-state index contributed by atoms with van der Waals surface area (Å²) in [6.45, 7) is 11.8. The Hall–Kier alpha value is -2.16. The van der Waals surface area contributed by atoms with Crippen LogP contribution in [0.3, 0.4) is 0 Å². The predicted octanol–water partition coefficient (Wildman–Crippen LogP) is 8.87. The van der Waals surface area contributed by atoms with Gasteiger partial charge >= 0.3 is 5.97 Å². The largest absolute Gasteiger partial charge is 0.461 e. The van der Waals surface area contributed by atoms with Crippen LogP contribution >= 0.6 is 0 Å². The molecular formula is C30H45NO2. The minimum Gasteiger partial charge on any atom is -0.461 e. The van der Waals surface area contributed by atoms with Crippen molar-refractivity contribution in [2.75, 3.05) is 6.61 Å². The van der Waals surface area contributed by atoms with Gasteiger partial charge in [0.25, 0.3) is 0 Å². The van der Waals surface area contributed by atoms with Gasteiger partial charge in [-0.15, -0.1) is 0 Å². The number of allylic oxidation sites excluding steroid dienone is 5. The van der Waals surface area contributed by atoms with Gasteiger partial charge in [0.05, 0.1) is 6.61 Å². The number of aromatic nitrogens is 1. The smallest absolute Gasteiger partial charge is 0.356 e. The lowest BCUT2D eigenvalue weighted by Crippen LogP contribution is -2.19. The minimum absolute atomic E-state index is 0.247. The van der Waals surface area contributed by atoms with Crippen LogP contribution in [0.15, 0.2) is 47.2 Å². The molecule has 1 aromatic rings. The van der Waals surface area contributed by atoms with Crippen molar-refractivity contribution >= 4 is 12.0 Å². The molecule has 33 heavy (non-hydrogen) atoms. The van der Waals surface area contributed by atoms with E-state index in [0.29, 0.717) is 12.3 Å². The van der Waals surface area contributed by atoms with Gasteiger partial charge in [0.2, 0.25) is 0 Å². The fourth-order valence-corrected chi connectivity index (χ4v) is 4.62. The Balaban J connectivity index is 1.78. The first-order valence-corrected chi connectivity index (χ1v) is 13.0. The maximum Gasteiger partial charge on any atom is 0.356 e. The molecule has 0 atom stereocenters. The summed E-state index contributed by atoms with van der Waals surface area (Å²) in [7, 11) is 0. The molecule has 2 rings (SSSR count). The van der Waals surface area contributed by atoms with Crippen molar-refractivity contribution in [1.82, 2.24) is 4.98 Å². The van der Waals surface area contributed by atoms with E-state index in [1.165, 1.54) is 74.5 Å². The standard InChI is InChI=1S/C30H45NO2/c1-6-7-8-9-10-11-12-13-21-33-29(32)28-19-17-26(23-31-28)22-24(2)16-18-27-25(3)15-14-20-30(27,4)5/h16-19,22-23H,6-15,20-21H2,1-5H3/b18-16?,24-22+. The average molecular weight is 452 g/mol. The van der Waals surface area contributed by atoms with E-state index in [2.05, 4.69) is 57.8 Å². The van der Waals surface area contributed by atoms with Crippen LogP contribution in [-0.2, 0) is 4.74 Å². The molecule has 0 unspecified atom stereocenters. The molecule has 3 heteroatoms. The fourth-order valence-electron chi connectivity index (χ4n) is 4.62. The Morgan fingerprint density at radius 2 is 1.79 bits per heavy atom. The van der Waals surface area contributed by atoms with Gasteiger partial charge in [-0.3, -0.25) is 0 Å². The molecule has 1 aliphatic rings. The highest BCUT2D eigenvalue weighted by Gasteiger charge is 2.26. The predicted molar refractivity (Wildman–Crippen MR) is 140 cm³/mol. The molecule has 1 heterocycles. The number of esters is 1. The summed E-state index contributed by atoms with van der Waals surface area (Å²) in [5.41, 5.74) is 5.76. The molecule has 0 N–H and O–H groups in total. The zero-order valence-corrected chi connectivity index (χ0v) is 21.7. The molecule has 0 aliphatic heterocycles. The summed E-state index contributed by atoms with van der Waals surface area (Å²) in [6.07, 6.45) is 21.9. The van der Waals surface area contributed by atoms with Crippen molar-refractivity contribution in [3.8, 4) is 0 Å². The maximum absolute atomic E-state index is 12.2. The highest BCUT2D eigenvalue weighted by molar-refractivity contribution is 5.87. The third kappa shape index (κ3) is 9.70. The number of nitrogens with zero attached hydrogens (tertiary/aromatic N) is 1. The number of carbonyl (C=O) groups is 1. The number of pyridine rings is 1. The number of hydrogen-bond donors (Lipinski definition) is 0. The molecule has 1 aromatic heterocycles. The number of hydrogen-bond acceptors (Lipinski definition) is 3. The average Bonchev–Trinajstić information content (AvgIpc) is 2.77. The Morgan fingerprint density at radius 1 is 1.09 bits per heavy atom. The monoisotopic (exact) mass is 451 g/mol. The number of carbonyl (C=O) groups excluding carboxylic acids is 1. The van der Waals surface area contributed by atoms with E-state index in [1.54, 1.807) is 12.3 Å².